The fourth-order valence-electron chi connectivity index (χ4n) is 3.38. The summed E-state index contributed by atoms with van der Waals surface area (Å²) in [6.07, 6.45) is 1.26. The van der Waals surface area contributed by atoms with Gasteiger partial charge in [0, 0.05) is 17.8 Å². The number of ether oxygens (including phenoxy) is 1. The lowest BCUT2D eigenvalue weighted by Crippen LogP contribution is -2.54. The topological polar surface area (TPSA) is 148 Å². The van der Waals surface area contributed by atoms with E-state index in [2.05, 4.69) is 10.6 Å². The van der Waals surface area contributed by atoms with Crippen molar-refractivity contribution in [2.45, 2.75) is 0 Å². The SMILES string of the molecule is O=C(COc1ccc(/C=C2/C(=O)NC(=O)N(c3cccc([N+](=O)[O-])c3)C2=O)cc1)Nc1ccc(Cl)c(Cl)c1. The van der Waals surface area contributed by atoms with Gasteiger partial charge in [-0.1, -0.05) is 41.4 Å². The standard InChI is InChI=1S/C25H16Cl2N4O7/c26-20-9-6-15(11-21(20)27)28-22(32)13-38-18-7-4-14(5-8-18)10-19-23(33)29-25(35)30(24(19)34)16-2-1-3-17(12-16)31(36)37/h1-12H,13H2,(H,28,32)(H,29,33,35)/b19-10-. The second kappa shape index (κ2) is 11.1. The van der Waals surface area contributed by atoms with Crippen molar-refractivity contribution in [2.75, 3.05) is 16.8 Å². The molecule has 0 spiro atoms. The molecule has 3 aromatic rings. The van der Waals surface area contributed by atoms with Gasteiger partial charge in [-0.05, 0) is 48.0 Å². The zero-order valence-corrected chi connectivity index (χ0v) is 20.7. The molecule has 2 N–H and O–H groups in total. The zero-order chi connectivity index (χ0) is 27.4. The molecule has 0 atom stereocenters. The lowest BCUT2D eigenvalue weighted by molar-refractivity contribution is -0.384. The van der Waals surface area contributed by atoms with E-state index in [9.17, 15) is 29.3 Å². The highest BCUT2D eigenvalue weighted by Gasteiger charge is 2.37. The lowest BCUT2D eigenvalue weighted by atomic mass is 10.1. The number of nitro groups is 1. The highest BCUT2D eigenvalue weighted by Crippen LogP contribution is 2.27. The van der Waals surface area contributed by atoms with Crippen molar-refractivity contribution in [3.63, 3.8) is 0 Å². The van der Waals surface area contributed by atoms with Crippen molar-refractivity contribution < 1.29 is 28.8 Å². The number of nitro benzene ring substituents is 1. The largest absolute Gasteiger partial charge is 0.484 e. The highest BCUT2D eigenvalue weighted by atomic mass is 35.5. The van der Waals surface area contributed by atoms with Crippen molar-refractivity contribution in [3.8, 4) is 5.75 Å². The fraction of sp³-hybridized carbons (Fsp3) is 0.0400. The summed E-state index contributed by atoms with van der Waals surface area (Å²) in [5.74, 6) is -1.96. The Morgan fingerprint density at radius 1 is 1.03 bits per heavy atom. The Hall–Kier alpha value is -4.74. The van der Waals surface area contributed by atoms with Gasteiger partial charge in [0.1, 0.15) is 11.3 Å². The first-order valence-corrected chi connectivity index (χ1v) is 11.5. The molecule has 13 heteroatoms. The number of anilines is 2. The fourth-order valence-corrected chi connectivity index (χ4v) is 3.68. The van der Waals surface area contributed by atoms with Crippen LogP contribution in [0.4, 0.5) is 21.9 Å². The first-order chi connectivity index (χ1) is 18.1. The van der Waals surface area contributed by atoms with Crippen LogP contribution in [0.1, 0.15) is 5.56 Å². The molecule has 1 aliphatic rings. The van der Waals surface area contributed by atoms with Gasteiger partial charge in [0.15, 0.2) is 6.61 Å². The van der Waals surface area contributed by atoms with E-state index in [0.717, 1.165) is 6.07 Å². The Balaban J connectivity index is 1.44. The first-order valence-electron chi connectivity index (χ1n) is 10.8. The number of hydrogen-bond donors (Lipinski definition) is 2. The molecule has 192 valence electrons. The molecule has 38 heavy (non-hydrogen) atoms. The molecular weight excluding hydrogens is 539 g/mol. The number of halogens is 2. The van der Waals surface area contributed by atoms with E-state index in [0.29, 0.717) is 26.9 Å². The van der Waals surface area contributed by atoms with Crippen LogP contribution in [0.25, 0.3) is 6.08 Å². The molecule has 0 aliphatic carbocycles. The Kier molecular flexibility index (Phi) is 7.70. The van der Waals surface area contributed by atoms with E-state index < -0.39 is 28.7 Å². The molecule has 1 heterocycles. The number of non-ortho nitro benzene ring substituents is 1. The smallest absolute Gasteiger partial charge is 0.335 e. The predicted molar refractivity (Wildman–Crippen MR) is 139 cm³/mol. The molecule has 11 nitrogen and oxygen atoms in total. The molecule has 1 saturated heterocycles. The first kappa shape index (κ1) is 26.3. The molecular formula is C25H16Cl2N4O7. The number of barbiturate groups is 1. The minimum absolute atomic E-state index is 0.0667. The molecule has 0 unspecified atom stereocenters. The number of carbonyl (C=O) groups is 4. The number of rotatable bonds is 7. The molecule has 1 fully saturated rings. The number of nitrogens with zero attached hydrogens (tertiary/aromatic N) is 2. The Bertz CT molecular complexity index is 1510. The van der Waals surface area contributed by atoms with Crippen LogP contribution in [0, 0.1) is 10.1 Å². The van der Waals surface area contributed by atoms with Crippen LogP contribution >= 0.6 is 23.2 Å². The predicted octanol–water partition coefficient (Wildman–Crippen LogP) is 4.59. The normalized spacial score (nSPS) is 14.3. The summed E-state index contributed by atoms with van der Waals surface area (Å²) in [6, 6.07) is 14.6. The van der Waals surface area contributed by atoms with Crippen LogP contribution < -0.4 is 20.3 Å². The Morgan fingerprint density at radius 2 is 1.76 bits per heavy atom. The maximum Gasteiger partial charge on any atom is 0.335 e. The molecule has 1 aliphatic heterocycles. The maximum atomic E-state index is 13.0. The van der Waals surface area contributed by atoms with Gasteiger partial charge in [-0.15, -0.1) is 0 Å². The monoisotopic (exact) mass is 554 g/mol. The molecule has 0 bridgehead atoms. The third-order valence-corrected chi connectivity index (χ3v) is 5.90. The van der Waals surface area contributed by atoms with Crippen molar-refractivity contribution in [1.82, 2.24) is 5.32 Å². The van der Waals surface area contributed by atoms with Crippen molar-refractivity contribution >= 4 is 70.1 Å². The van der Waals surface area contributed by atoms with E-state index in [-0.39, 0.29) is 28.6 Å². The lowest BCUT2D eigenvalue weighted by Gasteiger charge is -2.26. The molecule has 0 aromatic heterocycles. The summed E-state index contributed by atoms with van der Waals surface area (Å²) in [7, 11) is 0. The van der Waals surface area contributed by atoms with Crippen LogP contribution in [0.5, 0.6) is 5.75 Å². The number of urea groups is 1. The number of hydrogen-bond acceptors (Lipinski definition) is 7. The zero-order valence-electron chi connectivity index (χ0n) is 19.1. The molecule has 4 rings (SSSR count). The summed E-state index contributed by atoms with van der Waals surface area (Å²) in [5.41, 5.74) is 0.119. The van der Waals surface area contributed by atoms with Gasteiger partial charge in [-0.25, -0.2) is 9.69 Å². The Morgan fingerprint density at radius 3 is 2.45 bits per heavy atom. The van der Waals surface area contributed by atoms with Gasteiger partial charge in [0.2, 0.25) is 0 Å². The number of carbonyl (C=O) groups excluding carboxylic acids is 4. The number of imide groups is 2. The molecule has 5 amide bonds. The number of benzene rings is 3. The molecule has 0 saturated carbocycles. The van der Waals surface area contributed by atoms with Crippen LogP contribution in [-0.2, 0) is 14.4 Å². The summed E-state index contributed by atoms with van der Waals surface area (Å²) in [4.78, 5) is 60.9. The summed E-state index contributed by atoms with van der Waals surface area (Å²) in [5, 5.41) is 16.4. The van der Waals surface area contributed by atoms with Gasteiger partial charge in [0.05, 0.1) is 20.7 Å². The summed E-state index contributed by atoms with van der Waals surface area (Å²) >= 11 is 11.8. The minimum atomic E-state index is -1.03. The molecule has 3 aromatic carbocycles. The van der Waals surface area contributed by atoms with E-state index in [1.54, 1.807) is 12.1 Å². The average Bonchev–Trinajstić information content (AvgIpc) is 2.88. The van der Waals surface area contributed by atoms with Crippen molar-refractivity contribution in [3.05, 3.63) is 98.0 Å². The van der Waals surface area contributed by atoms with Crippen LogP contribution in [-0.4, -0.2) is 35.3 Å². The maximum absolute atomic E-state index is 13.0. The average molecular weight is 555 g/mol. The van der Waals surface area contributed by atoms with Gasteiger partial charge < -0.3 is 10.1 Å². The quantitative estimate of drug-likeness (QED) is 0.188. The van der Waals surface area contributed by atoms with E-state index in [4.69, 9.17) is 27.9 Å². The number of nitrogens with one attached hydrogen (secondary N) is 2. The van der Waals surface area contributed by atoms with Gasteiger partial charge in [-0.3, -0.25) is 29.8 Å². The second-order valence-corrected chi connectivity index (χ2v) is 8.58. The van der Waals surface area contributed by atoms with E-state index in [1.165, 1.54) is 54.6 Å². The Labute approximate surface area is 224 Å². The van der Waals surface area contributed by atoms with Crippen molar-refractivity contribution in [1.29, 1.82) is 0 Å². The third-order valence-electron chi connectivity index (χ3n) is 5.16. The van der Waals surface area contributed by atoms with Gasteiger partial charge in [-0.2, -0.15) is 0 Å². The van der Waals surface area contributed by atoms with Crippen LogP contribution in [0.15, 0.2) is 72.3 Å². The third kappa shape index (κ3) is 5.97. The second-order valence-electron chi connectivity index (χ2n) is 7.77. The number of amides is 5. The van der Waals surface area contributed by atoms with Crippen LogP contribution in [0.3, 0.4) is 0 Å². The van der Waals surface area contributed by atoms with Crippen LogP contribution in [0.2, 0.25) is 10.0 Å². The summed E-state index contributed by atoms with van der Waals surface area (Å²) in [6.45, 7) is -0.304. The van der Waals surface area contributed by atoms with Crippen molar-refractivity contribution in [2.24, 2.45) is 0 Å². The highest BCUT2D eigenvalue weighted by molar-refractivity contribution is 6.42. The van der Waals surface area contributed by atoms with Gasteiger partial charge in [0.25, 0.3) is 23.4 Å². The van der Waals surface area contributed by atoms with Gasteiger partial charge >= 0.3 is 6.03 Å². The minimum Gasteiger partial charge on any atom is -0.484 e. The molecule has 0 radical (unpaired) electrons. The van der Waals surface area contributed by atoms with E-state index >= 15 is 0 Å². The summed E-state index contributed by atoms with van der Waals surface area (Å²) < 4.78 is 5.45. The van der Waals surface area contributed by atoms with E-state index in [1.807, 2.05) is 0 Å².